The molecule has 0 radical (unpaired) electrons. The first-order valence-corrected chi connectivity index (χ1v) is 54.7. The fourth-order valence-electron chi connectivity index (χ4n) is 17.3. The predicted molar refractivity (Wildman–Crippen MR) is 551 cm³/mol. The van der Waals surface area contributed by atoms with Gasteiger partial charge in [0.2, 0.25) is 0 Å². The molecule has 126 heavy (non-hydrogen) atoms. The molecule has 658 valence electrons. The van der Waals surface area contributed by atoms with E-state index in [1.54, 1.807) is 13.0 Å². The summed E-state index contributed by atoms with van der Waals surface area (Å²) in [5, 5.41) is 13.7. The van der Waals surface area contributed by atoms with E-state index in [2.05, 4.69) is 510 Å². The molecule has 11 aromatic carbocycles. The van der Waals surface area contributed by atoms with Crippen LogP contribution in [0, 0.1) is 0 Å². The third kappa shape index (κ3) is 25.8. The molecule has 0 aromatic heterocycles. The number of rotatable bonds is 37. The normalized spacial score (nSPS) is 13.8. The lowest BCUT2D eigenvalue weighted by molar-refractivity contribution is -0.137. The molecule has 0 spiro atoms. The van der Waals surface area contributed by atoms with Gasteiger partial charge in [-0.1, -0.05) is 493 Å². The number of benzene rings is 11. The van der Waals surface area contributed by atoms with Gasteiger partial charge in [-0.15, -0.1) is 0 Å². The van der Waals surface area contributed by atoms with Gasteiger partial charge in [0.25, 0.3) is 33.3 Å². The first-order chi connectivity index (χ1) is 60.3. The van der Waals surface area contributed by atoms with Crippen molar-refractivity contribution >= 4 is 104 Å². The number of esters is 1. The van der Waals surface area contributed by atoms with E-state index < -0.39 is 40.5 Å². The molecule has 0 bridgehead atoms. The number of hydrogen-bond acceptors (Lipinski definition) is 6. The highest BCUT2D eigenvalue weighted by molar-refractivity contribution is 7.95. The van der Waals surface area contributed by atoms with Crippen molar-refractivity contribution in [2.24, 2.45) is 0 Å². The van der Waals surface area contributed by atoms with Crippen LogP contribution in [0.15, 0.2) is 431 Å². The average Bonchev–Trinajstić information content (AvgIpc) is 0.774. The van der Waals surface area contributed by atoms with Crippen molar-refractivity contribution in [2.75, 3.05) is 12.8 Å². The Balaban J connectivity index is 0.000000313. The van der Waals surface area contributed by atoms with Crippen LogP contribution in [-0.2, 0) is 27.2 Å². The minimum absolute atomic E-state index is 0. The van der Waals surface area contributed by atoms with Crippen molar-refractivity contribution in [3.63, 3.8) is 0 Å². The van der Waals surface area contributed by atoms with E-state index in [-0.39, 0.29) is 74.5 Å². The number of carbonyl (C=O) groups excluding carboxylic acids is 1. The van der Waals surface area contributed by atoms with Crippen LogP contribution >= 0.6 is 7.26 Å². The summed E-state index contributed by atoms with van der Waals surface area (Å²) in [4.78, 5) is 12.1. The van der Waals surface area contributed by atoms with Crippen molar-refractivity contribution in [1.29, 1.82) is 0 Å². The van der Waals surface area contributed by atoms with Crippen LogP contribution in [0.1, 0.15) is 143 Å². The summed E-state index contributed by atoms with van der Waals surface area (Å²) in [6, 6.07) is 120. The Morgan fingerprint density at radius 1 is 0.286 bits per heavy atom. The number of carbonyl (C=O) groups is 1. The molecule has 0 N–H and O–H groups in total. The van der Waals surface area contributed by atoms with Gasteiger partial charge in [-0.3, -0.25) is 0 Å². The third-order valence-corrected chi connectivity index (χ3v) is 47.7. The number of halogens is 1. The van der Waals surface area contributed by atoms with E-state index in [0.29, 0.717) is 19.4 Å². The molecular weight excluding hydrogens is 1740 g/mol. The second-order valence-corrected chi connectivity index (χ2v) is 56.0. The van der Waals surface area contributed by atoms with Gasteiger partial charge >= 0.3 is 5.97 Å². The molecule has 6 nitrogen and oxygen atoms in total. The second kappa shape index (κ2) is 49.9. The SMILES string of the molecule is CC.CCOC(=O)/C=C/C=C/[C@@H](C/C=C\C=C\[C@@H](CC)O[Si](c1ccccc1)(c1ccccc1)C(C)(C)C)O[Si](c1ccccc1)(c1ccccc1)C(C)(C)C.CC[C@H](/C=C/C=C\C[C@H](/C=C/C=C/C[P+](c1ccccc1)(c1ccccc1)c1ccccc1)O[Si](c1ccccc1)(c1ccccc1)C(C)(C)C)O[Si](c1ccccc1)(c1ccccc1)C(C)(C)C.[I-]. The van der Waals surface area contributed by atoms with Gasteiger partial charge in [0.05, 0.1) is 37.2 Å². The Kier molecular flexibility index (Phi) is 40.4. The zero-order valence-electron chi connectivity index (χ0n) is 77.8. The Bertz CT molecular complexity index is 4930. The lowest BCUT2D eigenvalue weighted by atomic mass is 10.2. The summed E-state index contributed by atoms with van der Waals surface area (Å²) in [5.41, 5.74) is 0. The van der Waals surface area contributed by atoms with E-state index in [4.69, 9.17) is 22.4 Å². The Hall–Kier alpha value is -9.32. The highest BCUT2D eigenvalue weighted by Gasteiger charge is 2.55. The standard InChI is InChI=1S/C64H72O2PSi2.C48H60O4Si2.C2H6.HI/c1-8-54(65-68(63(2,3)4,59-45-27-13-28-46-59)60-47-29-14-30-48-60)36-18-9-19-37-55(66-69(64(5,6)7,61-49-31-15-32-50-61)62-51-33-16-34-52-62)38-20-17-35-53-67(56-39-21-10-22-40-56,57-41-23-11-24-42-57)58-43-25-12-26-44-58;1-9-40(51-53(47(3,4)5,42-31-18-12-19-32-42)43-33-20-13-21-34-43)28-16-11-17-29-41(30-26-27-39-46(49)50-10-2)52-54(48(6,7)8,44-35-22-14-23-36-44)45-37-24-15-25-38-45;1-2;/h9-36,38-52,54-55H,8,37,53H2,1-7H3;11-28,30-41H,9-10,29H2,1-8H3;1-2H3;1H/q+1;;;/p-1/b19-9-,35-17+,36-18+,38-20+;17-11-,28-16+,30-26+,39-27+;;/t54-,55-;40-,41-;;/m11../s1. The maximum atomic E-state index is 12.1. The van der Waals surface area contributed by atoms with Crippen molar-refractivity contribution < 1.29 is 51.2 Å². The smallest absolute Gasteiger partial charge is 0.330 e. The van der Waals surface area contributed by atoms with E-state index in [1.807, 2.05) is 19.9 Å². The molecular formula is C114H138IO6PSi4. The van der Waals surface area contributed by atoms with Crippen LogP contribution in [0.25, 0.3) is 0 Å². The van der Waals surface area contributed by atoms with Crippen LogP contribution in [0.4, 0.5) is 0 Å². The molecule has 0 saturated carbocycles. The first-order valence-electron chi connectivity index (χ1n) is 45.1. The van der Waals surface area contributed by atoms with E-state index in [1.165, 1.54) is 63.5 Å². The number of ether oxygens (including phenoxy) is 1. The van der Waals surface area contributed by atoms with Gasteiger partial charge in [0, 0.05) is 6.08 Å². The molecule has 4 atom stereocenters. The number of hydrogen-bond donors (Lipinski definition) is 0. The van der Waals surface area contributed by atoms with E-state index in [0.717, 1.165) is 19.0 Å². The minimum atomic E-state index is -2.88. The molecule has 12 heteroatoms. The molecule has 0 amide bonds. The van der Waals surface area contributed by atoms with Crippen LogP contribution < -0.4 is 81.4 Å². The van der Waals surface area contributed by atoms with E-state index >= 15 is 0 Å². The van der Waals surface area contributed by atoms with Gasteiger partial charge in [0.15, 0.2) is 0 Å². The highest BCUT2D eigenvalue weighted by Crippen LogP contribution is 2.55. The van der Waals surface area contributed by atoms with Crippen LogP contribution in [0.2, 0.25) is 20.2 Å². The largest absolute Gasteiger partial charge is 1.00 e. The van der Waals surface area contributed by atoms with Crippen LogP contribution in [-0.4, -0.2) is 76.4 Å². The summed E-state index contributed by atoms with van der Waals surface area (Å²) in [7, 11) is -13.2. The van der Waals surface area contributed by atoms with Gasteiger partial charge in [-0.25, -0.2) is 4.79 Å². The topological polar surface area (TPSA) is 63.2 Å². The molecule has 0 unspecified atom stereocenters. The molecule has 0 heterocycles. The van der Waals surface area contributed by atoms with E-state index in [9.17, 15) is 4.79 Å². The molecule has 0 fully saturated rings. The summed E-state index contributed by atoms with van der Waals surface area (Å²) in [6.07, 6.45) is 37.2. The molecule has 11 rings (SSSR count). The van der Waals surface area contributed by atoms with Crippen molar-refractivity contribution in [1.82, 2.24) is 0 Å². The molecule has 11 aromatic rings. The van der Waals surface area contributed by atoms with Crippen LogP contribution in [0.3, 0.4) is 0 Å². The van der Waals surface area contributed by atoms with Crippen molar-refractivity contribution in [3.8, 4) is 0 Å². The molecule has 0 saturated heterocycles. The van der Waals surface area contributed by atoms with Gasteiger partial charge < -0.3 is 46.4 Å². The fraction of sp³-hybridized carbons (Fsp3) is 0.272. The monoisotopic (exact) mass is 1870 g/mol. The fourth-order valence-corrected chi connectivity index (χ4v) is 40.0. The summed E-state index contributed by atoms with van der Waals surface area (Å²) in [5.74, 6) is -0.359. The summed E-state index contributed by atoms with van der Waals surface area (Å²) >= 11 is 0. The maximum Gasteiger partial charge on any atom is 0.330 e. The van der Waals surface area contributed by atoms with Crippen molar-refractivity contribution in [2.45, 2.75) is 188 Å². The Morgan fingerprint density at radius 3 is 0.698 bits per heavy atom. The Labute approximate surface area is 780 Å². The zero-order valence-corrected chi connectivity index (χ0v) is 84.9. The molecule has 0 aliphatic heterocycles. The van der Waals surface area contributed by atoms with Gasteiger partial charge in [-0.2, -0.15) is 0 Å². The predicted octanol–water partition coefficient (Wildman–Crippen LogP) is 20.4. The van der Waals surface area contributed by atoms with Gasteiger partial charge in [0.1, 0.15) is 23.2 Å². The summed E-state index contributed by atoms with van der Waals surface area (Å²) in [6.45, 7) is 38.5. The third-order valence-electron chi connectivity index (χ3n) is 23.2. The van der Waals surface area contributed by atoms with Crippen molar-refractivity contribution in [3.05, 3.63) is 431 Å². The highest BCUT2D eigenvalue weighted by atomic mass is 127. The average molecular weight is 1870 g/mol. The first kappa shape index (κ1) is 102. The lowest BCUT2D eigenvalue weighted by Crippen LogP contribution is -3.00. The lowest BCUT2D eigenvalue weighted by Gasteiger charge is -2.44. The Morgan fingerprint density at radius 2 is 0.484 bits per heavy atom. The summed E-state index contributed by atoms with van der Waals surface area (Å²) < 4.78 is 35.3. The molecule has 0 aliphatic rings. The van der Waals surface area contributed by atoms with Gasteiger partial charge in [-0.05, 0) is 137 Å². The molecule has 0 aliphatic carbocycles. The quantitative estimate of drug-likeness (QED) is 0.00966. The maximum absolute atomic E-state index is 12.1. The van der Waals surface area contributed by atoms with Crippen LogP contribution in [0.5, 0.6) is 0 Å². The zero-order chi connectivity index (χ0) is 89.7. The minimum Gasteiger partial charge on any atom is -1.00 e. The second-order valence-electron chi connectivity index (χ2n) is 35.5. The number of allylic oxidation sites excluding steroid dienone is 9.